The van der Waals surface area contributed by atoms with E-state index in [0.29, 0.717) is 34.1 Å². The first-order valence-electron chi connectivity index (χ1n) is 9.37. The van der Waals surface area contributed by atoms with E-state index in [9.17, 15) is 13.2 Å². The number of amides is 1. The van der Waals surface area contributed by atoms with Crippen molar-refractivity contribution < 1.29 is 17.9 Å². The maximum atomic E-state index is 12.4. The Labute approximate surface area is 186 Å². The largest absolute Gasteiger partial charge is 0.489 e. The van der Waals surface area contributed by atoms with E-state index < -0.39 is 10.0 Å². The highest BCUT2D eigenvalue weighted by Gasteiger charge is 2.17. The Bertz CT molecular complexity index is 1200. The summed E-state index contributed by atoms with van der Waals surface area (Å²) in [7, 11) is -4.05. The number of carbonyl (C=O) groups is 1. The maximum absolute atomic E-state index is 12.4. The second-order valence-electron chi connectivity index (χ2n) is 6.82. The molecule has 1 amide bonds. The van der Waals surface area contributed by atoms with Crippen LogP contribution in [0, 0.1) is 0 Å². The molecule has 31 heavy (non-hydrogen) atoms. The zero-order chi connectivity index (χ0) is 22.4. The van der Waals surface area contributed by atoms with Crippen molar-refractivity contribution in [1.29, 1.82) is 0 Å². The molecular weight excluding hydrogens is 438 g/mol. The summed E-state index contributed by atoms with van der Waals surface area (Å²) < 4.78 is 29.9. The molecule has 0 bridgehead atoms. The summed E-state index contributed by atoms with van der Waals surface area (Å²) >= 11 is 6.08. The molecule has 3 aromatic rings. The number of hydrogen-bond acceptors (Lipinski definition) is 5. The van der Waals surface area contributed by atoms with Crippen LogP contribution in [-0.4, -0.2) is 14.3 Å². The molecule has 0 spiro atoms. The van der Waals surface area contributed by atoms with Crippen LogP contribution in [0.5, 0.6) is 5.75 Å². The summed E-state index contributed by atoms with van der Waals surface area (Å²) in [5, 5.41) is 8.54. The van der Waals surface area contributed by atoms with Gasteiger partial charge in [-0.05, 0) is 41.5 Å². The lowest BCUT2D eigenvalue weighted by atomic mass is 10.1. The van der Waals surface area contributed by atoms with Crippen molar-refractivity contribution in [3.05, 3.63) is 88.4 Å². The molecule has 0 unspecified atom stereocenters. The van der Waals surface area contributed by atoms with Crippen molar-refractivity contribution in [2.24, 2.45) is 10.9 Å². The molecule has 7 nitrogen and oxygen atoms in total. The van der Waals surface area contributed by atoms with Crippen LogP contribution in [-0.2, 0) is 34.4 Å². The summed E-state index contributed by atoms with van der Waals surface area (Å²) in [6, 6.07) is 18.7. The van der Waals surface area contributed by atoms with Gasteiger partial charge in [-0.2, -0.15) is 0 Å². The molecule has 162 valence electrons. The lowest BCUT2D eigenvalue weighted by Crippen LogP contribution is -2.18. The molecule has 0 atom stereocenters. The van der Waals surface area contributed by atoms with Gasteiger partial charge in [-0.25, -0.2) is 13.6 Å². The standard InChI is InChI=1S/C22H22ClN3O4S/c23-20-7-2-1-5-16(20)11-22(27)26-18-9-8-17(21(12-18)31(25,28)29)14-30-19-6-3-4-15(10-19)13-24/h1-10,12H,11,13-14,24H2,(H,26,27)(H2,25,28,29). The van der Waals surface area contributed by atoms with E-state index in [0.717, 1.165) is 5.56 Å². The quantitative estimate of drug-likeness (QED) is 0.477. The normalized spacial score (nSPS) is 11.2. The Morgan fingerprint density at radius 1 is 1.00 bits per heavy atom. The molecule has 0 saturated heterocycles. The molecule has 0 aliphatic heterocycles. The van der Waals surface area contributed by atoms with Crippen LogP contribution in [0.1, 0.15) is 16.7 Å². The maximum Gasteiger partial charge on any atom is 0.238 e. The van der Waals surface area contributed by atoms with Gasteiger partial charge in [0.1, 0.15) is 12.4 Å². The Morgan fingerprint density at radius 2 is 1.77 bits per heavy atom. The van der Waals surface area contributed by atoms with E-state index in [-0.39, 0.29) is 23.8 Å². The predicted octanol–water partition coefficient (Wildman–Crippen LogP) is 3.21. The Hall–Kier alpha value is -2.91. The van der Waals surface area contributed by atoms with Gasteiger partial charge in [0.15, 0.2) is 0 Å². The predicted molar refractivity (Wildman–Crippen MR) is 120 cm³/mol. The lowest BCUT2D eigenvalue weighted by molar-refractivity contribution is -0.115. The number of primary sulfonamides is 1. The Kier molecular flexibility index (Phi) is 7.29. The van der Waals surface area contributed by atoms with Gasteiger partial charge in [0.2, 0.25) is 15.9 Å². The second-order valence-corrected chi connectivity index (χ2v) is 8.76. The molecule has 9 heteroatoms. The molecule has 5 N–H and O–H groups in total. The van der Waals surface area contributed by atoms with E-state index in [1.54, 1.807) is 54.6 Å². The number of carbonyl (C=O) groups excluding carboxylic acids is 1. The van der Waals surface area contributed by atoms with Gasteiger partial charge in [0, 0.05) is 22.8 Å². The van der Waals surface area contributed by atoms with Crippen molar-refractivity contribution in [1.82, 2.24) is 0 Å². The monoisotopic (exact) mass is 459 g/mol. The van der Waals surface area contributed by atoms with Crippen molar-refractivity contribution in [3.8, 4) is 5.75 Å². The fourth-order valence-electron chi connectivity index (χ4n) is 2.96. The zero-order valence-electron chi connectivity index (χ0n) is 16.5. The molecule has 3 aromatic carbocycles. The number of ether oxygens (including phenoxy) is 1. The average molecular weight is 460 g/mol. The molecule has 0 aromatic heterocycles. The number of nitrogens with one attached hydrogen (secondary N) is 1. The first-order valence-corrected chi connectivity index (χ1v) is 11.3. The minimum Gasteiger partial charge on any atom is -0.489 e. The van der Waals surface area contributed by atoms with Crippen molar-refractivity contribution in [2.75, 3.05) is 5.32 Å². The van der Waals surface area contributed by atoms with Gasteiger partial charge in [0.25, 0.3) is 0 Å². The van der Waals surface area contributed by atoms with E-state index >= 15 is 0 Å². The highest BCUT2D eigenvalue weighted by atomic mass is 35.5. The Balaban J connectivity index is 1.76. The number of halogens is 1. The fraction of sp³-hybridized carbons (Fsp3) is 0.136. The first kappa shape index (κ1) is 22.8. The van der Waals surface area contributed by atoms with Gasteiger partial charge in [-0.1, -0.05) is 48.0 Å². The number of hydrogen-bond donors (Lipinski definition) is 3. The van der Waals surface area contributed by atoms with Gasteiger partial charge in [-0.15, -0.1) is 0 Å². The third-order valence-corrected chi connectivity index (χ3v) is 5.86. The zero-order valence-corrected chi connectivity index (χ0v) is 18.1. The molecule has 0 heterocycles. The summed E-state index contributed by atoms with van der Waals surface area (Å²) in [6.45, 7) is 0.343. The smallest absolute Gasteiger partial charge is 0.238 e. The molecule has 0 radical (unpaired) electrons. The van der Waals surface area contributed by atoms with Gasteiger partial charge in [-0.3, -0.25) is 4.79 Å². The minimum absolute atomic E-state index is 0.0202. The summed E-state index contributed by atoms with van der Waals surface area (Å²) in [5.41, 5.74) is 7.85. The highest BCUT2D eigenvalue weighted by molar-refractivity contribution is 7.89. The fourth-order valence-corrected chi connectivity index (χ4v) is 3.95. The number of nitrogens with two attached hydrogens (primary N) is 2. The number of sulfonamides is 1. The van der Waals surface area contributed by atoms with Crippen molar-refractivity contribution in [2.45, 2.75) is 24.5 Å². The van der Waals surface area contributed by atoms with E-state index in [2.05, 4.69) is 5.32 Å². The van der Waals surface area contributed by atoms with Crippen molar-refractivity contribution >= 4 is 33.2 Å². The third kappa shape index (κ3) is 6.28. The summed E-state index contributed by atoms with van der Waals surface area (Å²) in [5.74, 6) is 0.219. The molecule has 0 aliphatic rings. The lowest BCUT2D eigenvalue weighted by Gasteiger charge is -2.13. The summed E-state index contributed by atoms with van der Waals surface area (Å²) in [4.78, 5) is 12.2. The van der Waals surface area contributed by atoms with E-state index in [4.69, 9.17) is 27.2 Å². The topological polar surface area (TPSA) is 125 Å². The molecule has 0 fully saturated rings. The first-order chi connectivity index (χ1) is 14.8. The van der Waals surface area contributed by atoms with Crippen LogP contribution in [0.4, 0.5) is 5.69 Å². The highest BCUT2D eigenvalue weighted by Crippen LogP contribution is 2.23. The van der Waals surface area contributed by atoms with Gasteiger partial charge >= 0.3 is 0 Å². The molecule has 0 aliphatic carbocycles. The van der Waals surface area contributed by atoms with Crippen LogP contribution in [0.15, 0.2) is 71.6 Å². The van der Waals surface area contributed by atoms with Crippen LogP contribution in [0.2, 0.25) is 5.02 Å². The Morgan fingerprint density at radius 3 is 2.48 bits per heavy atom. The summed E-state index contributed by atoms with van der Waals surface area (Å²) in [6.07, 6.45) is 0.0483. The SMILES string of the molecule is NCc1cccc(OCc2ccc(NC(=O)Cc3ccccc3Cl)cc2S(N)(=O)=O)c1. The van der Waals surface area contributed by atoms with E-state index in [1.807, 2.05) is 6.07 Å². The number of anilines is 1. The third-order valence-electron chi connectivity index (χ3n) is 4.49. The molecule has 0 saturated carbocycles. The minimum atomic E-state index is -4.05. The average Bonchev–Trinajstić information content (AvgIpc) is 2.74. The van der Waals surface area contributed by atoms with Crippen molar-refractivity contribution in [3.63, 3.8) is 0 Å². The molecular formula is C22H22ClN3O4S. The van der Waals surface area contributed by atoms with Crippen LogP contribution < -0.4 is 20.9 Å². The van der Waals surface area contributed by atoms with Crippen LogP contribution in [0.25, 0.3) is 0 Å². The van der Waals surface area contributed by atoms with E-state index in [1.165, 1.54) is 6.07 Å². The van der Waals surface area contributed by atoms with Gasteiger partial charge in [0.05, 0.1) is 11.3 Å². The van der Waals surface area contributed by atoms with Crippen LogP contribution >= 0.6 is 11.6 Å². The van der Waals surface area contributed by atoms with Gasteiger partial charge < -0.3 is 15.8 Å². The second kappa shape index (κ2) is 9.93. The molecule has 3 rings (SSSR count). The number of rotatable bonds is 8. The van der Waals surface area contributed by atoms with Crippen LogP contribution in [0.3, 0.4) is 0 Å². The number of benzene rings is 3.